The van der Waals surface area contributed by atoms with Crippen molar-refractivity contribution >= 4 is 65.4 Å². The van der Waals surface area contributed by atoms with Crippen molar-refractivity contribution in [3.8, 4) is 5.75 Å². The lowest BCUT2D eigenvalue weighted by molar-refractivity contribution is 0.0600. The first-order chi connectivity index (χ1) is 10.8. The zero-order chi connectivity index (χ0) is 17.1. The zero-order valence-electron chi connectivity index (χ0n) is 11.7. The van der Waals surface area contributed by atoms with Crippen LogP contribution in [0, 0.1) is 0 Å². The number of halogens is 3. The molecule has 8 heteroatoms. The van der Waals surface area contributed by atoms with E-state index in [0.29, 0.717) is 30.2 Å². The third-order valence-electron chi connectivity index (χ3n) is 2.92. The molecule has 5 nitrogen and oxygen atoms in total. The normalized spacial score (nSPS) is 10.3. The fraction of sp³-hybridized carbons (Fsp3) is 0.0667. The summed E-state index contributed by atoms with van der Waals surface area (Å²) in [6.45, 7) is 0. The number of methoxy groups -OCH3 is 1. The van der Waals surface area contributed by atoms with Gasteiger partial charge in [-0.3, -0.25) is 4.79 Å². The number of hydrogen-bond acceptors (Lipinski definition) is 4. The van der Waals surface area contributed by atoms with Crippen LogP contribution < -0.4 is 5.32 Å². The minimum atomic E-state index is -0.463. The molecule has 0 radical (unpaired) electrons. The van der Waals surface area contributed by atoms with Crippen molar-refractivity contribution in [2.24, 2.45) is 0 Å². The Morgan fingerprint density at radius 3 is 2.09 bits per heavy atom. The molecule has 23 heavy (non-hydrogen) atoms. The standard InChI is InChI=1S/C15H10Br3NO4/c1-23-15(22)7-2-3-12(9(16)4-7)19-14(21)8-5-10(17)13(20)11(18)6-8/h2-6,20H,1H3,(H,19,21). The minimum Gasteiger partial charge on any atom is -0.506 e. The van der Waals surface area contributed by atoms with E-state index >= 15 is 0 Å². The topological polar surface area (TPSA) is 75.6 Å². The van der Waals surface area contributed by atoms with Crippen molar-refractivity contribution in [2.45, 2.75) is 0 Å². The molecule has 2 aromatic rings. The SMILES string of the molecule is COC(=O)c1ccc(NC(=O)c2cc(Br)c(O)c(Br)c2)c(Br)c1. The summed E-state index contributed by atoms with van der Waals surface area (Å²) in [7, 11) is 1.30. The van der Waals surface area contributed by atoms with Crippen LogP contribution in [0.5, 0.6) is 5.75 Å². The molecular formula is C15H10Br3NO4. The van der Waals surface area contributed by atoms with Gasteiger partial charge < -0.3 is 15.2 Å². The summed E-state index contributed by atoms with van der Waals surface area (Å²) in [4.78, 5) is 23.8. The first-order valence-electron chi connectivity index (χ1n) is 6.20. The molecule has 0 saturated heterocycles. The number of esters is 1. The van der Waals surface area contributed by atoms with Crippen molar-refractivity contribution in [3.63, 3.8) is 0 Å². The summed E-state index contributed by atoms with van der Waals surface area (Å²) >= 11 is 9.66. The fourth-order valence-electron chi connectivity index (χ4n) is 1.75. The van der Waals surface area contributed by atoms with E-state index in [0.717, 1.165) is 0 Å². The van der Waals surface area contributed by atoms with Gasteiger partial charge >= 0.3 is 5.97 Å². The minimum absolute atomic E-state index is 0.0187. The van der Waals surface area contributed by atoms with E-state index < -0.39 is 5.97 Å². The summed E-state index contributed by atoms with van der Waals surface area (Å²) in [6.07, 6.45) is 0. The molecule has 0 aliphatic rings. The van der Waals surface area contributed by atoms with Crippen LogP contribution in [-0.4, -0.2) is 24.1 Å². The second-order valence-corrected chi connectivity index (χ2v) is 6.99. The van der Waals surface area contributed by atoms with Crippen LogP contribution in [0.2, 0.25) is 0 Å². The van der Waals surface area contributed by atoms with Crippen molar-refractivity contribution in [1.29, 1.82) is 0 Å². The summed E-state index contributed by atoms with van der Waals surface area (Å²) in [5.74, 6) is -0.807. The highest BCUT2D eigenvalue weighted by Crippen LogP contribution is 2.34. The molecule has 0 aromatic heterocycles. The highest BCUT2D eigenvalue weighted by Gasteiger charge is 2.14. The number of amides is 1. The average Bonchev–Trinajstić information content (AvgIpc) is 2.53. The summed E-state index contributed by atoms with van der Waals surface area (Å²) in [6, 6.07) is 7.72. The van der Waals surface area contributed by atoms with Gasteiger partial charge in [-0.15, -0.1) is 0 Å². The predicted molar refractivity (Wildman–Crippen MR) is 96.9 cm³/mol. The summed E-state index contributed by atoms with van der Waals surface area (Å²) in [5, 5.41) is 12.4. The Morgan fingerprint density at radius 2 is 1.57 bits per heavy atom. The Morgan fingerprint density at radius 1 is 1.00 bits per heavy atom. The van der Waals surface area contributed by atoms with Gasteiger partial charge in [0.05, 0.1) is 27.3 Å². The Balaban J connectivity index is 2.25. The van der Waals surface area contributed by atoms with E-state index in [1.807, 2.05) is 0 Å². The molecule has 0 unspecified atom stereocenters. The fourth-order valence-corrected chi connectivity index (χ4v) is 3.42. The second-order valence-electron chi connectivity index (χ2n) is 4.43. The molecule has 1 amide bonds. The number of rotatable bonds is 3. The van der Waals surface area contributed by atoms with E-state index in [2.05, 4.69) is 57.8 Å². The molecule has 0 atom stereocenters. The molecule has 2 aromatic carbocycles. The largest absolute Gasteiger partial charge is 0.506 e. The number of nitrogens with one attached hydrogen (secondary N) is 1. The van der Waals surface area contributed by atoms with Gasteiger partial charge in [0.1, 0.15) is 5.75 Å². The van der Waals surface area contributed by atoms with Gasteiger partial charge in [-0.1, -0.05) is 0 Å². The van der Waals surface area contributed by atoms with E-state index in [-0.39, 0.29) is 11.7 Å². The molecule has 0 spiro atoms. The van der Waals surface area contributed by atoms with Gasteiger partial charge in [0.15, 0.2) is 0 Å². The summed E-state index contributed by atoms with van der Waals surface area (Å²) < 4.78 is 5.99. The Labute approximate surface area is 157 Å². The van der Waals surface area contributed by atoms with Crippen molar-refractivity contribution < 1.29 is 19.4 Å². The average molecular weight is 508 g/mol. The molecule has 2 N–H and O–H groups in total. The molecule has 120 valence electrons. The Kier molecular flexibility index (Phi) is 5.83. The molecule has 0 aliphatic heterocycles. The van der Waals surface area contributed by atoms with Crippen LogP contribution in [0.4, 0.5) is 5.69 Å². The van der Waals surface area contributed by atoms with E-state index in [1.165, 1.54) is 19.2 Å². The number of hydrogen-bond donors (Lipinski definition) is 2. The highest BCUT2D eigenvalue weighted by atomic mass is 79.9. The monoisotopic (exact) mass is 505 g/mol. The van der Waals surface area contributed by atoms with Crippen LogP contribution in [-0.2, 0) is 4.74 Å². The van der Waals surface area contributed by atoms with Crippen molar-refractivity contribution in [2.75, 3.05) is 12.4 Å². The predicted octanol–water partition coefficient (Wildman–Crippen LogP) is 4.72. The summed E-state index contributed by atoms with van der Waals surface area (Å²) in [5.41, 5.74) is 1.22. The van der Waals surface area contributed by atoms with Crippen LogP contribution >= 0.6 is 47.8 Å². The van der Waals surface area contributed by atoms with Gasteiger partial charge in [-0.05, 0) is 78.1 Å². The first-order valence-corrected chi connectivity index (χ1v) is 8.58. The van der Waals surface area contributed by atoms with E-state index in [4.69, 9.17) is 0 Å². The molecule has 0 bridgehead atoms. The van der Waals surface area contributed by atoms with E-state index in [9.17, 15) is 14.7 Å². The number of anilines is 1. The lowest BCUT2D eigenvalue weighted by Crippen LogP contribution is -2.13. The van der Waals surface area contributed by atoms with Crippen LogP contribution in [0.15, 0.2) is 43.7 Å². The number of phenols is 1. The molecule has 0 fully saturated rings. The Hall–Kier alpha value is -1.38. The smallest absolute Gasteiger partial charge is 0.337 e. The van der Waals surface area contributed by atoms with Gasteiger partial charge in [0.25, 0.3) is 5.91 Å². The third-order valence-corrected chi connectivity index (χ3v) is 4.78. The van der Waals surface area contributed by atoms with Gasteiger partial charge in [0.2, 0.25) is 0 Å². The maximum Gasteiger partial charge on any atom is 0.337 e. The van der Waals surface area contributed by atoms with Gasteiger partial charge in [-0.25, -0.2) is 4.79 Å². The highest BCUT2D eigenvalue weighted by molar-refractivity contribution is 9.11. The maximum absolute atomic E-state index is 12.3. The van der Waals surface area contributed by atoms with Gasteiger partial charge in [-0.2, -0.15) is 0 Å². The first kappa shape index (κ1) is 18.0. The molecule has 0 aliphatic carbocycles. The second kappa shape index (κ2) is 7.46. The molecule has 0 heterocycles. The lowest BCUT2D eigenvalue weighted by Gasteiger charge is -2.10. The van der Waals surface area contributed by atoms with E-state index in [1.54, 1.807) is 18.2 Å². The number of carbonyl (C=O) groups excluding carboxylic acids is 2. The number of carbonyl (C=O) groups is 2. The van der Waals surface area contributed by atoms with Gasteiger partial charge in [0, 0.05) is 10.0 Å². The number of ether oxygens (including phenoxy) is 1. The maximum atomic E-state index is 12.3. The molecule has 0 saturated carbocycles. The molecule has 2 rings (SSSR count). The number of aromatic hydroxyl groups is 1. The van der Waals surface area contributed by atoms with Crippen molar-refractivity contribution in [1.82, 2.24) is 0 Å². The number of phenolic OH excluding ortho intramolecular Hbond substituents is 1. The quantitative estimate of drug-likeness (QED) is 0.590. The van der Waals surface area contributed by atoms with Crippen LogP contribution in [0.3, 0.4) is 0 Å². The lowest BCUT2D eigenvalue weighted by atomic mass is 10.1. The number of benzene rings is 2. The zero-order valence-corrected chi connectivity index (χ0v) is 16.5. The third kappa shape index (κ3) is 4.13. The molecular weight excluding hydrogens is 498 g/mol. The van der Waals surface area contributed by atoms with Crippen LogP contribution in [0.25, 0.3) is 0 Å². The Bertz CT molecular complexity index is 769. The van der Waals surface area contributed by atoms with Crippen molar-refractivity contribution in [3.05, 3.63) is 54.9 Å². The van der Waals surface area contributed by atoms with Crippen LogP contribution in [0.1, 0.15) is 20.7 Å².